The van der Waals surface area contributed by atoms with Crippen LogP contribution in [0.5, 0.6) is 0 Å². The lowest BCUT2D eigenvalue weighted by Crippen LogP contribution is -2.43. The topological polar surface area (TPSA) is 59.2 Å². The summed E-state index contributed by atoms with van der Waals surface area (Å²) >= 11 is 0. The van der Waals surface area contributed by atoms with E-state index in [1.54, 1.807) is 0 Å². The summed E-state index contributed by atoms with van der Waals surface area (Å²) in [4.78, 5) is 18.8. The number of aromatic nitrogens is 2. The average molecular weight is 313 g/mol. The Labute approximate surface area is 136 Å². The largest absolute Gasteiger partial charge is 0.342 e. The van der Waals surface area contributed by atoms with Crippen molar-refractivity contribution < 1.29 is 9.32 Å². The van der Waals surface area contributed by atoms with Crippen LogP contribution in [0.4, 0.5) is 0 Å². The highest BCUT2D eigenvalue weighted by molar-refractivity contribution is 5.81. The molecule has 0 atom stereocenters. The lowest BCUT2D eigenvalue weighted by atomic mass is 9.91. The molecule has 0 saturated carbocycles. The summed E-state index contributed by atoms with van der Waals surface area (Å²) in [6.07, 6.45) is 1.75. The van der Waals surface area contributed by atoms with Crippen molar-refractivity contribution in [1.29, 1.82) is 0 Å². The van der Waals surface area contributed by atoms with E-state index in [1.807, 2.05) is 56.0 Å². The highest BCUT2D eigenvalue weighted by Gasteiger charge is 2.32. The van der Waals surface area contributed by atoms with Crippen LogP contribution in [-0.2, 0) is 4.79 Å². The molecule has 5 heteroatoms. The minimum Gasteiger partial charge on any atom is -0.342 e. The van der Waals surface area contributed by atoms with Crippen molar-refractivity contribution in [1.82, 2.24) is 15.0 Å². The van der Waals surface area contributed by atoms with Gasteiger partial charge in [-0.2, -0.15) is 4.98 Å². The number of rotatable bonds is 2. The molecule has 2 aromatic rings. The van der Waals surface area contributed by atoms with Gasteiger partial charge in [0.2, 0.25) is 17.6 Å². The summed E-state index contributed by atoms with van der Waals surface area (Å²) in [5, 5.41) is 4.09. The predicted molar refractivity (Wildman–Crippen MR) is 87.7 cm³/mol. The van der Waals surface area contributed by atoms with Crippen molar-refractivity contribution >= 4 is 5.91 Å². The van der Waals surface area contributed by atoms with Crippen LogP contribution in [0.1, 0.15) is 45.4 Å². The van der Waals surface area contributed by atoms with Gasteiger partial charge in [0.05, 0.1) is 0 Å². The first-order chi connectivity index (χ1) is 10.9. The maximum atomic E-state index is 12.3. The van der Waals surface area contributed by atoms with Crippen LogP contribution >= 0.6 is 0 Å². The third-order valence-corrected chi connectivity index (χ3v) is 4.25. The Morgan fingerprint density at radius 3 is 2.43 bits per heavy atom. The first-order valence-electron chi connectivity index (χ1n) is 8.13. The van der Waals surface area contributed by atoms with E-state index in [-0.39, 0.29) is 17.2 Å². The van der Waals surface area contributed by atoms with Crippen LogP contribution in [0.25, 0.3) is 11.4 Å². The predicted octanol–water partition coefficient (Wildman–Crippen LogP) is 3.49. The molecule has 3 rings (SSSR count). The number of hydrogen-bond donors (Lipinski definition) is 0. The SMILES string of the molecule is CC(C)(C)C(=O)N1CCC(c2nc(-c3ccccc3)no2)CC1. The van der Waals surface area contributed by atoms with Crippen molar-refractivity contribution in [3.05, 3.63) is 36.2 Å². The van der Waals surface area contributed by atoms with E-state index in [0.717, 1.165) is 31.5 Å². The van der Waals surface area contributed by atoms with Gasteiger partial charge in [0.25, 0.3) is 0 Å². The van der Waals surface area contributed by atoms with E-state index in [1.165, 1.54) is 0 Å². The van der Waals surface area contributed by atoms with Gasteiger partial charge in [-0.05, 0) is 12.8 Å². The van der Waals surface area contributed by atoms with Crippen LogP contribution in [0.15, 0.2) is 34.9 Å². The third kappa shape index (κ3) is 3.44. The fourth-order valence-corrected chi connectivity index (χ4v) is 2.91. The summed E-state index contributed by atoms with van der Waals surface area (Å²) < 4.78 is 5.46. The third-order valence-electron chi connectivity index (χ3n) is 4.25. The molecular weight excluding hydrogens is 290 g/mol. The Morgan fingerprint density at radius 2 is 1.83 bits per heavy atom. The molecule has 0 aliphatic carbocycles. The van der Waals surface area contributed by atoms with E-state index in [0.29, 0.717) is 11.7 Å². The van der Waals surface area contributed by atoms with Gasteiger partial charge >= 0.3 is 0 Å². The molecule has 5 nitrogen and oxygen atoms in total. The molecule has 0 radical (unpaired) electrons. The van der Waals surface area contributed by atoms with Crippen LogP contribution in [0.2, 0.25) is 0 Å². The summed E-state index contributed by atoms with van der Waals surface area (Å²) in [7, 11) is 0. The zero-order valence-electron chi connectivity index (χ0n) is 14.0. The van der Waals surface area contributed by atoms with E-state index in [4.69, 9.17) is 4.52 Å². The van der Waals surface area contributed by atoms with Gasteiger partial charge in [-0.15, -0.1) is 0 Å². The molecule has 122 valence electrons. The Morgan fingerprint density at radius 1 is 1.17 bits per heavy atom. The van der Waals surface area contributed by atoms with Crippen LogP contribution in [0.3, 0.4) is 0 Å². The highest BCUT2D eigenvalue weighted by Crippen LogP contribution is 2.30. The molecule has 2 heterocycles. The smallest absolute Gasteiger partial charge is 0.230 e. The molecule has 0 N–H and O–H groups in total. The van der Waals surface area contributed by atoms with Crippen molar-refractivity contribution in [2.45, 2.75) is 39.5 Å². The number of benzene rings is 1. The maximum Gasteiger partial charge on any atom is 0.230 e. The lowest BCUT2D eigenvalue weighted by molar-refractivity contribution is -0.140. The second-order valence-corrected chi connectivity index (χ2v) is 7.14. The average Bonchev–Trinajstić information content (AvgIpc) is 3.04. The second kappa shape index (κ2) is 6.14. The Hall–Kier alpha value is -2.17. The van der Waals surface area contributed by atoms with Crippen molar-refractivity contribution in [2.24, 2.45) is 5.41 Å². The minimum absolute atomic E-state index is 0.214. The van der Waals surface area contributed by atoms with E-state index >= 15 is 0 Å². The first kappa shape index (κ1) is 15.7. The Kier molecular flexibility index (Phi) is 4.20. The zero-order valence-corrected chi connectivity index (χ0v) is 14.0. The van der Waals surface area contributed by atoms with Gasteiger partial charge in [-0.3, -0.25) is 4.79 Å². The minimum atomic E-state index is -0.322. The van der Waals surface area contributed by atoms with Gasteiger partial charge in [-0.1, -0.05) is 56.3 Å². The zero-order chi connectivity index (χ0) is 16.4. The molecule has 1 aromatic carbocycles. The van der Waals surface area contributed by atoms with E-state index in [9.17, 15) is 4.79 Å². The standard InChI is InChI=1S/C18H23N3O2/c1-18(2,3)17(22)21-11-9-14(10-12-21)16-19-15(20-23-16)13-7-5-4-6-8-13/h4-8,14H,9-12H2,1-3H3. The van der Waals surface area contributed by atoms with E-state index < -0.39 is 0 Å². The molecule has 1 aliphatic heterocycles. The number of carbonyl (C=O) groups is 1. The summed E-state index contributed by atoms with van der Waals surface area (Å²) in [5.74, 6) is 1.77. The number of piperidine rings is 1. The molecule has 0 spiro atoms. The fraction of sp³-hybridized carbons (Fsp3) is 0.500. The number of amides is 1. The molecule has 0 unspecified atom stereocenters. The monoisotopic (exact) mass is 313 g/mol. The van der Waals surface area contributed by atoms with Gasteiger partial charge in [0.1, 0.15) is 0 Å². The van der Waals surface area contributed by atoms with E-state index in [2.05, 4.69) is 10.1 Å². The molecule has 1 aliphatic rings. The molecular formula is C18H23N3O2. The Bertz CT molecular complexity index is 665. The van der Waals surface area contributed by atoms with Gasteiger partial charge < -0.3 is 9.42 Å². The normalized spacial score (nSPS) is 16.6. The quantitative estimate of drug-likeness (QED) is 0.851. The van der Waals surface area contributed by atoms with Gasteiger partial charge in [-0.25, -0.2) is 0 Å². The van der Waals surface area contributed by atoms with Crippen LogP contribution < -0.4 is 0 Å². The highest BCUT2D eigenvalue weighted by atomic mass is 16.5. The van der Waals surface area contributed by atoms with Gasteiger partial charge in [0, 0.05) is 30.0 Å². The molecule has 1 amide bonds. The first-order valence-corrected chi connectivity index (χ1v) is 8.13. The van der Waals surface area contributed by atoms with Gasteiger partial charge in [0.15, 0.2) is 0 Å². The van der Waals surface area contributed by atoms with Crippen LogP contribution in [0, 0.1) is 5.41 Å². The summed E-state index contributed by atoms with van der Waals surface area (Å²) in [5.41, 5.74) is 0.639. The number of likely N-dealkylation sites (tertiary alicyclic amines) is 1. The summed E-state index contributed by atoms with van der Waals surface area (Å²) in [6.45, 7) is 7.40. The van der Waals surface area contributed by atoms with Crippen molar-refractivity contribution in [2.75, 3.05) is 13.1 Å². The molecule has 1 saturated heterocycles. The molecule has 0 bridgehead atoms. The molecule has 1 fully saturated rings. The van der Waals surface area contributed by atoms with Crippen molar-refractivity contribution in [3.63, 3.8) is 0 Å². The fourth-order valence-electron chi connectivity index (χ4n) is 2.91. The van der Waals surface area contributed by atoms with Crippen LogP contribution in [-0.4, -0.2) is 34.0 Å². The second-order valence-electron chi connectivity index (χ2n) is 7.14. The number of hydrogen-bond acceptors (Lipinski definition) is 4. The summed E-state index contributed by atoms with van der Waals surface area (Å²) in [6, 6.07) is 9.83. The maximum absolute atomic E-state index is 12.3. The number of carbonyl (C=O) groups excluding carboxylic acids is 1. The number of nitrogens with zero attached hydrogens (tertiary/aromatic N) is 3. The Balaban J connectivity index is 1.65. The molecule has 23 heavy (non-hydrogen) atoms. The molecule has 1 aromatic heterocycles. The van der Waals surface area contributed by atoms with Crippen molar-refractivity contribution in [3.8, 4) is 11.4 Å². The lowest BCUT2D eigenvalue weighted by Gasteiger charge is -2.34.